The Balaban J connectivity index is 1.74. The van der Waals surface area contributed by atoms with Crippen molar-refractivity contribution < 1.29 is 9.59 Å². The van der Waals surface area contributed by atoms with Gasteiger partial charge >= 0.3 is 0 Å². The molecule has 2 N–H and O–H groups in total. The van der Waals surface area contributed by atoms with Crippen LogP contribution in [0.25, 0.3) is 0 Å². The molecule has 0 unspecified atom stereocenters. The summed E-state index contributed by atoms with van der Waals surface area (Å²) in [6.45, 7) is 9.60. The van der Waals surface area contributed by atoms with Crippen LogP contribution in [0.5, 0.6) is 0 Å². The summed E-state index contributed by atoms with van der Waals surface area (Å²) in [6, 6.07) is 5.63. The number of hydrogen-bond donors (Lipinski definition) is 2. The lowest BCUT2D eigenvalue weighted by molar-refractivity contribution is -0.119. The number of aryl methyl sites for hydroxylation is 1. The van der Waals surface area contributed by atoms with Gasteiger partial charge in [0.1, 0.15) is 0 Å². The van der Waals surface area contributed by atoms with E-state index >= 15 is 0 Å². The number of anilines is 1. The highest BCUT2D eigenvalue weighted by Gasteiger charge is 2.27. The van der Waals surface area contributed by atoms with Crippen molar-refractivity contribution in [3.63, 3.8) is 0 Å². The Kier molecular flexibility index (Phi) is 5.42. The standard InChI is InChI=1S/C20H29N3O2/c1-13-8-14(2)12-23(11-13)20(25)16-5-4-15(3)18(9-16)22-19(24)17-6-7-21-10-17/h4-5,9,13-14,17,21H,6-8,10-12H2,1-3H3,(H,22,24)/t13-,14+,17-/m0/s1. The summed E-state index contributed by atoms with van der Waals surface area (Å²) in [4.78, 5) is 27.2. The van der Waals surface area contributed by atoms with E-state index in [4.69, 9.17) is 0 Å². The van der Waals surface area contributed by atoms with Gasteiger partial charge in [-0.05, 0) is 55.8 Å². The van der Waals surface area contributed by atoms with Crippen molar-refractivity contribution in [2.24, 2.45) is 17.8 Å². The summed E-state index contributed by atoms with van der Waals surface area (Å²) in [5.74, 6) is 1.19. The Morgan fingerprint density at radius 2 is 1.92 bits per heavy atom. The zero-order valence-corrected chi connectivity index (χ0v) is 15.5. The number of nitrogens with one attached hydrogen (secondary N) is 2. The third-order valence-corrected chi connectivity index (χ3v) is 5.33. The van der Waals surface area contributed by atoms with Crippen molar-refractivity contribution in [3.8, 4) is 0 Å². The maximum atomic E-state index is 12.9. The minimum atomic E-state index is 0.0163. The molecule has 5 heteroatoms. The molecule has 25 heavy (non-hydrogen) atoms. The van der Waals surface area contributed by atoms with E-state index in [0.717, 1.165) is 43.9 Å². The van der Waals surface area contributed by atoms with Crippen molar-refractivity contribution in [1.29, 1.82) is 0 Å². The van der Waals surface area contributed by atoms with E-state index in [9.17, 15) is 9.59 Å². The Bertz CT molecular complexity index is 642. The highest BCUT2D eigenvalue weighted by Crippen LogP contribution is 2.25. The second-order valence-corrected chi connectivity index (χ2v) is 7.86. The molecule has 2 aliphatic heterocycles. The average Bonchev–Trinajstić information content (AvgIpc) is 3.10. The highest BCUT2D eigenvalue weighted by atomic mass is 16.2. The van der Waals surface area contributed by atoms with E-state index in [0.29, 0.717) is 17.4 Å². The van der Waals surface area contributed by atoms with Gasteiger partial charge in [-0.3, -0.25) is 9.59 Å². The Morgan fingerprint density at radius 1 is 1.20 bits per heavy atom. The first-order valence-corrected chi connectivity index (χ1v) is 9.35. The number of piperidine rings is 1. The summed E-state index contributed by atoms with van der Waals surface area (Å²) in [7, 11) is 0. The van der Waals surface area contributed by atoms with Crippen LogP contribution in [-0.2, 0) is 4.79 Å². The van der Waals surface area contributed by atoms with Gasteiger partial charge in [0.15, 0.2) is 0 Å². The van der Waals surface area contributed by atoms with Crippen LogP contribution < -0.4 is 10.6 Å². The van der Waals surface area contributed by atoms with Crippen LogP contribution in [0.1, 0.15) is 42.6 Å². The first kappa shape index (κ1) is 17.9. The molecule has 3 atom stereocenters. The van der Waals surface area contributed by atoms with Crippen LogP contribution in [0.4, 0.5) is 5.69 Å². The molecule has 136 valence electrons. The van der Waals surface area contributed by atoms with E-state index in [-0.39, 0.29) is 17.7 Å². The quantitative estimate of drug-likeness (QED) is 0.887. The summed E-state index contributed by atoms with van der Waals surface area (Å²) < 4.78 is 0. The van der Waals surface area contributed by atoms with E-state index in [1.165, 1.54) is 6.42 Å². The SMILES string of the molecule is Cc1ccc(C(=O)N2C[C@H](C)C[C@H](C)C2)cc1NC(=O)[C@H]1CCNC1. The number of hydrogen-bond acceptors (Lipinski definition) is 3. The number of nitrogens with zero attached hydrogens (tertiary/aromatic N) is 1. The Morgan fingerprint density at radius 3 is 2.56 bits per heavy atom. The van der Waals surface area contributed by atoms with Crippen molar-refractivity contribution in [2.45, 2.75) is 33.6 Å². The molecule has 0 bridgehead atoms. The monoisotopic (exact) mass is 343 g/mol. The molecule has 3 rings (SSSR count). The summed E-state index contributed by atoms with van der Waals surface area (Å²) >= 11 is 0. The van der Waals surface area contributed by atoms with Gasteiger partial charge in [0.25, 0.3) is 5.91 Å². The van der Waals surface area contributed by atoms with Crippen LogP contribution in [0.15, 0.2) is 18.2 Å². The van der Waals surface area contributed by atoms with Crippen molar-refractivity contribution in [1.82, 2.24) is 10.2 Å². The average molecular weight is 343 g/mol. The molecule has 2 aliphatic rings. The lowest BCUT2D eigenvalue weighted by Crippen LogP contribution is -2.42. The molecule has 0 aliphatic carbocycles. The van der Waals surface area contributed by atoms with Crippen molar-refractivity contribution >= 4 is 17.5 Å². The minimum absolute atomic E-state index is 0.0163. The lowest BCUT2D eigenvalue weighted by atomic mass is 9.91. The van der Waals surface area contributed by atoms with Crippen molar-refractivity contribution in [3.05, 3.63) is 29.3 Å². The smallest absolute Gasteiger partial charge is 0.253 e. The summed E-state index contributed by atoms with van der Waals surface area (Å²) in [5, 5.41) is 6.23. The fraction of sp³-hybridized carbons (Fsp3) is 0.600. The van der Waals surface area contributed by atoms with Crippen molar-refractivity contribution in [2.75, 3.05) is 31.5 Å². The van der Waals surface area contributed by atoms with E-state index in [2.05, 4.69) is 24.5 Å². The number of carbonyl (C=O) groups is 2. The number of carbonyl (C=O) groups excluding carboxylic acids is 2. The Labute approximate surface area is 150 Å². The maximum Gasteiger partial charge on any atom is 0.253 e. The van der Waals surface area contributed by atoms with Crippen LogP contribution in [0.3, 0.4) is 0 Å². The number of likely N-dealkylation sites (tertiary alicyclic amines) is 1. The molecule has 0 aromatic heterocycles. The molecular formula is C20H29N3O2. The van der Waals surface area contributed by atoms with Gasteiger partial charge in [0, 0.05) is 30.9 Å². The molecular weight excluding hydrogens is 314 g/mol. The van der Waals surface area contributed by atoms with Crippen LogP contribution >= 0.6 is 0 Å². The van der Waals surface area contributed by atoms with Gasteiger partial charge < -0.3 is 15.5 Å². The minimum Gasteiger partial charge on any atom is -0.338 e. The largest absolute Gasteiger partial charge is 0.338 e. The molecule has 0 spiro atoms. The molecule has 2 saturated heterocycles. The van der Waals surface area contributed by atoms with Gasteiger partial charge in [0.2, 0.25) is 5.91 Å². The third kappa shape index (κ3) is 4.21. The second-order valence-electron chi connectivity index (χ2n) is 7.86. The van der Waals surface area contributed by atoms with E-state index in [1.807, 2.05) is 30.0 Å². The zero-order valence-electron chi connectivity index (χ0n) is 15.5. The third-order valence-electron chi connectivity index (χ3n) is 5.33. The zero-order chi connectivity index (χ0) is 18.0. The normalized spacial score (nSPS) is 26.5. The molecule has 0 radical (unpaired) electrons. The second kappa shape index (κ2) is 7.56. The first-order chi connectivity index (χ1) is 11.9. The van der Waals surface area contributed by atoms with Crippen LogP contribution in [0.2, 0.25) is 0 Å². The number of amides is 2. The predicted octanol–water partition coefficient (Wildman–Crippen LogP) is 2.66. The molecule has 2 fully saturated rings. The van der Waals surface area contributed by atoms with Gasteiger partial charge in [0.05, 0.1) is 5.92 Å². The molecule has 5 nitrogen and oxygen atoms in total. The van der Waals surface area contributed by atoms with Gasteiger partial charge in [-0.15, -0.1) is 0 Å². The molecule has 1 aromatic carbocycles. The fourth-order valence-corrected chi connectivity index (χ4v) is 4.01. The molecule has 0 saturated carbocycles. The van der Waals surface area contributed by atoms with Crippen LogP contribution in [-0.4, -0.2) is 42.9 Å². The highest BCUT2D eigenvalue weighted by molar-refractivity contribution is 5.98. The van der Waals surface area contributed by atoms with E-state index in [1.54, 1.807) is 0 Å². The summed E-state index contributed by atoms with van der Waals surface area (Å²) in [5.41, 5.74) is 2.39. The van der Waals surface area contributed by atoms with Gasteiger partial charge in [-0.1, -0.05) is 19.9 Å². The molecule has 2 amide bonds. The first-order valence-electron chi connectivity index (χ1n) is 9.35. The molecule has 1 aromatic rings. The maximum absolute atomic E-state index is 12.9. The Hall–Kier alpha value is -1.88. The van der Waals surface area contributed by atoms with Gasteiger partial charge in [-0.2, -0.15) is 0 Å². The number of rotatable bonds is 3. The fourth-order valence-electron chi connectivity index (χ4n) is 4.01. The topological polar surface area (TPSA) is 61.4 Å². The van der Waals surface area contributed by atoms with Gasteiger partial charge in [-0.25, -0.2) is 0 Å². The predicted molar refractivity (Wildman–Crippen MR) is 99.6 cm³/mol. The van der Waals surface area contributed by atoms with E-state index < -0.39 is 0 Å². The molecule has 2 heterocycles. The lowest BCUT2D eigenvalue weighted by Gasteiger charge is -2.35. The summed E-state index contributed by atoms with van der Waals surface area (Å²) in [6.07, 6.45) is 2.04. The number of benzene rings is 1. The van der Waals surface area contributed by atoms with Crippen LogP contribution in [0, 0.1) is 24.7 Å².